The van der Waals surface area contributed by atoms with E-state index in [4.69, 9.17) is 11.6 Å². The maximum Gasteiger partial charge on any atom is 0.150 e. The molecule has 2 rings (SSSR count). The minimum Gasteiger partial charge on any atom is -0.127 e. The lowest BCUT2D eigenvalue weighted by atomic mass is 10.2. The Labute approximate surface area is 141 Å². The topological polar surface area (TPSA) is 0 Å². The molecule has 0 atom stereocenters. The highest BCUT2D eigenvalue weighted by molar-refractivity contribution is 6.91. The number of hydrogen-bond donors (Lipinski definition) is 0. The Morgan fingerprint density at radius 1 is 0.955 bits per heavy atom. The third-order valence-electron chi connectivity index (χ3n) is 4.01. The Morgan fingerprint density at radius 2 is 1.59 bits per heavy atom. The van der Waals surface area contributed by atoms with Crippen LogP contribution in [0.4, 0.5) is 0 Å². The highest BCUT2D eigenvalue weighted by Gasteiger charge is 2.23. The van der Waals surface area contributed by atoms with Crippen molar-refractivity contribution >= 4 is 30.8 Å². The van der Waals surface area contributed by atoms with Crippen LogP contribution in [0.3, 0.4) is 0 Å². The van der Waals surface area contributed by atoms with Gasteiger partial charge in [-0.15, -0.1) is 18.2 Å². The first-order chi connectivity index (χ1) is 10.6. The highest BCUT2D eigenvalue weighted by atomic mass is 35.5. The molecule has 2 aromatic carbocycles. The molecule has 0 aliphatic rings. The van der Waals surface area contributed by atoms with E-state index in [1.54, 1.807) is 0 Å². The molecule has 2 aromatic rings. The molecule has 0 aliphatic carbocycles. The highest BCUT2D eigenvalue weighted by Crippen LogP contribution is 2.14. The second-order valence-corrected chi connectivity index (χ2v) is 8.67. The van der Waals surface area contributed by atoms with Crippen LogP contribution in [0.5, 0.6) is 0 Å². The fraction of sp³-hybridized carbons (Fsp3) is 0.300. The monoisotopic (exact) mass is 327 g/mol. The van der Waals surface area contributed by atoms with E-state index in [1.807, 2.05) is 0 Å². The number of allylic oxidation sites excluding steroid dienone is 1. The summed E-state index contributed by atoms with van der Waals surface area (Å²) in [5, 5.41) is 4.33. The van der Waals surface area contributed by atoms with Gasteiger partial charge < -0.3 is 0 Å². The number of halogens is 1. The molecule has 0 aromatic heterocycles. The first-order valence-electron chi connectivity index (χ1n) is 7.88. The van der Waals surface area contributed by atoms with Crippen LogP contribution in [-0.4, -0.2) is 14.7 Å². The molecule has 0 saturated carbocycles. The number of hydrogen-bond acceptors (Lipinski definition) is 0. The summed E-state index contributed by atoms with van der Waals surface area (Å²) in [6.45, 7) is 8.91. The van der Waals surface area contributed by atoms with Gasteiger partial charge in [-0.2, -0.15) is 0 Å². The van der Waals surface area contributed by atoms with Gasteiger partial charge in [0.05, 0.1) is 0 Å². The summed E-state index contributed by atoms with van der Waals surface area (Å²) in [5.41, 5.74) is 2.77. The minimum atomic E-state index is -0.956. The molecule has 0 bridgehead atoms. The molecule has 0 fully saturated rings. The number of rotatable bonds is 7. The SMILES string of the molecule is C=C(CCCCCl)[Si](c1ccccc1)c1c(C)cccc1C. The molecule has 0 saturated heterocycles. The van der Waals surface area contributed by atoms with Crippen molar-refractivity contribution < 1.29 is 0 Å². The molecule has 0 unspecified atom stereocenters. The Kier molecular flexibility index (Phi) is 6.47. The van der Waals surface area contributed by atoms with Crippen LogP contribution in [0.1, 0.15) is 30.4 Å². The Morgan fingerprint density at radius 3 is 2.18 bits per heavy atom. The van der Waals surface area contributed by atoms with E-state index in [1.165, 1.54) is 26.7 Å². The first kappa shape index (κ1) is 17.0. The maximum atomic E-state index is 5.83. The number of aryl methyl sites for hydroxylation is 2. The Bertz CT molecular complexity index is 599. The summed E-state index contributed by atoms with van der Waals surface area (Å²) in [7, 11) is -0.956. The molecule has 0 spiro atoms. The molecule has 22 heavy (non-hydrogen) atoms. The van der Waals surface area contributed by atoms with Gasteiger partial charge in [0.15, 0.2) is 0 Å². The zero-order valence-electron chi connectivity index (χ0n) is 13.5. The first-order valence-corrected chi connectivity index (χ1v) is 9.91. The third kappa shape index (κ3) is 4.12. The van der Waals surface area contributed by atoms with Crippen molar-refractivity contribution in [3.8, 4) is 0 Å². The molecule has 0 aliphatic heterocycles. The Hall–Kier alpha value is -1.31. The summed E-state index contributed by atoms with van der Waals surface area (Å²) in [6, 6.07) is 17.5. The molecule has 1 radical (unpaired) electrons. The molecule has 0 N–H and O–H groups in total. The van der Waals surface area contributed by atoms with Crippen molar-refractivity contribution in [2.24, 2.45) is 0 Å². The maximum absolute atomic E-state index is 5.83. The lowest BCUT2D eigenvalue weighted by Crippen LogP contribution is -2.46. The second kappa shape index (κ2) is 8.35. The van der Waals surface area contributed by atoms with Gasteiger partial charge in [-0.3, -0.25) is 0 Å². The van der Waals surface area contributed by atoms with Crippen LogP contribution in [0.2, 0.25) is 0 Å². The average molecular weight is 328 g/mol. The van der Waals surface area contributed by atoms with Gasteiger partial charge in [-0.1, -0.05) is 70.0 Å². The van der Waals surface area contributed by atoms with Gasteiger partial charge in [-0.25, -0.2) is 0 Å². The fourth-order valence-corrected chi connectivity index (χ4v) is 6.04. The van der Waals surface area contributed by atoms with Crippen LogP contribution >= 0.6 is 11.6 Å². The molecular weight excluding hydrogens is 304 g/mol. The van der Waals surface area contributed by atoms with Crippen molar-refractivity contribution in [2.45, 2.75) is 33.1 Å². The molecule has 115 valence electrons. The van der Waals surface area contributed by atoms with Crippen LogP contribution < -0.4 is 10.4 Å². The molecule has 0 nitrogen and oxygen atoms in total. The summed E-state index contributed by atoms with van der Waals surface area (Å²) in [5.74, 6) is 0.740. The average Bonchev–Trinajstić information content (AvgIpc) is 2.52. The van der Waals surface area contributed by atoms with Gasteiger partial charge in [0.2, 0.25) is 0 Å². The number of benzene rings is 2. The largest absolute Gasteiger partial charge is 0.150 e. The van der Waals surface area contributed by atoms with Crippen molar-refractivity contribution in [1.82, 2.24) is 0 Å². The zero-order valence-corrected chi connectivity index (χ0v) is 15.3. The van der Waals surface area contributed by atoms with Gasteiger partial charge >= 0.3 is 0 Å². The van der Waals surface area contributed by atoms with E-state index in [0.29, 0.717) is 0 Å². The smallest absolute Gasteiger partial charge is 0.127 e. The van der Waals surface area contributed by atoms with Gasteiger partial charge in [0, 0.05) is 5.88 Å². The van der Waals surface area contributed by atoms with Crippen LogP contribution in [-0.2, 0) is 0 Å². The predicted octanol–water partition coefficient (Wildman–Crippen LogP) is 4.42. The van der Waals surface area contributed by atoms with E-state index < -0.39 is 8.80 Å². The molecule has 2 heteroatoms. The zero-order chi connectivity index (χ0) is 15.9. The van der Waals surface area contributed by atoms with Crippen molar-refractivity contribution in [2.75, 3.05) is 5.88 Å². The van der Waals surface area contributed by atoms with E-state index in [2.05, 4.69) is 69.0 Å². The molecular formula is C20H24ClSi. The lowest BCUT2D eigenvalue weighted by molar-refractivity contribution is 0.812. The standard InChI is InChI=1S/C20H24ClSi/c1-16-10-9-11-17(2)20(16)22(18(3)12-7-8-15-21)19-13-5-4-6-14-19/h4-6,9-11,13-14H,3,7-8,12,15H2,1-2H3. The van der Waals surface area contributed by atoms with E-state index >= 15 is 0 Å². The van der Waals surface area contributed by atoms with Crippen LogP contribution in [0.25, 0.3) is 0 Å². The van der Waals surface area contributed by atoms with E-state index in [9.17, 15) is 0 Å². The van der Waals surface area contributed by atoms with Gasteiger partial charge in [-0.05, 0) is 38.3 Å². The quantitative estimate of drug-likeness (QED) is 0.401. The minimum absolute atomic E-state index is 0.740. The summed E-state index contributed by atoms with van der Waals surface area (Å²) >= 11 is 5.83. The van der Waals surface area contributed by atoms with Crippen molar-refractivity contribution in [3.63, 3.8) is 0 Å². The van der Waals surface area contributed by atoms with Crippen molar-refractivity contribution in [1.29, 1.82) is 0 Å². The number of unbranched alkanes of at least 4 members (excludes halogenated alkanes) is 1. The Balaban J connectivity index is 2.40. The fourth-order valence-electron chi connectivity index (χ4n) is 2.90. The van der Waals surface area contributed by atoms with E-state index in [0.717, 1.165) is 25.1 Å². The van der Waals surface area contributed by atoms with Crippen LogP contribution in [0.15, 0.2) is 60.3 Å². The van der Waals surface area contributed by atoms with Gasteiger partial charge in [0.1, 0.15) is 8.80 Å². The number of alkyl halides is 1. The van der Waals surface area contributed by atoms with Crippen LogP contribution in [0, 0.1) is 13.8 Å². The summed E-state index contributed by atoms with van der Waals surface area (Å²) in [4.78, 5) is 0. The predicted molar refractivity (Wildman–Crippen MR) is 101 cm³/mol. The lowest BCUT2D eigenvalue weighted by Gasteiger charge is -2.22. The van der Waals surface area contributed by atoms with E-state index in [-0.39, 0.29) is 0 Å². The summed E-state index contributed by atoms with van der Waals surface area (Å²) in [6.07, 6.45) is 3.27. The second-order valence-electron chi connectivity index (χ2n) is 5.76. The van der Waals surface area contributed by atoms with Gasteiger partial charge in [0.25, 0.3) is 0 Å². The molecule has 0 amide bonds. The third-order valence-corrected chi connectivity index (χ3v) is 7.43. The summed E-state index contributed by atoms with van der Waals surface area (Å²) < 4.78 is 0. The molecule has 0 heterocycles. The van der Waals surface area contributed by atoms with Crippen molar-refractivity contribution in [3.05, 3.63) is 71.4 Å². The normalized spacial score (nSPS) is 10.9.